The third kappa shape index (κ3) is 1.88. The average Bonchev–Trinajstić information content (AvgIpc) is 3.34. The van der Waals surface area contributed by atoms with Crippen molar-refractivity contribution < 1.29 is 19.1 Å². The maximum absolute atomic E-state index is 12.7. The van der Waals surface area contributed by atoms with Crippen LogP contribution < -0.4 is 5.32 Å². The molecule has 1 saturated heterocycles. The lowest BCUT2D eigenvalue weighted by Gasteiger charge is -2.56. The van der Waals surface area contributed by atoms with Gasteiger partial charge in [-0.15, -0.1) is 0 Å². The van der Waals surface area contributed by atoms with Gasteiger partial charge in [-0.25, -0.2) is 0 Å². The number of carbonyl (C=O) groups excluding carboxylic acids is 3. The van der Waals surface area contributed by atoms with Crippen molar-refractivity contribution in [1.82, 2.24) is 5.32 Å². The summed E-state index contributed by atoms with van der Waals surface area (Å²) in [7, 11) is 0. The number of fused-ring (bicyclic) bond motifs is 7. The molecule has 1 unspecified atom stereocenters. The van der Waals surface area contributed by atoms with Crippen LogP contribution in [0.2, 0.25) is 0 Å². The first kappa shape index (κ1) is 16.7. The molecule has 0 spiro atoms. The minimum atomic E-state index is -0.386. The monoisotopic (exact) mass is 357 g/mol. The van der Waals surface area contributed by atoms with E-state index in [0.717, 1.165) is 44.1 Å². The Hall–Kier alpha value is -1.49. The van der Waals surface area contributed by atoms with Crippen LogP contribution >= 0.6 is 0 Å². The Balaban J connectivity index is 1.57. The summed E-state index contributed by atoms with van der Waals surface area (Å²) >= 11 is 0. The fourth-order valence-electron chi connectivity index (χ4n) is 7.16. The molecule has 0 aromatic carbocycles. The Kier molecular flexibility index (Phi) is 3.25. The van der Waals surface area contributed by atoms with Gasteiger partial charge in [0.1, 0.15) is 18.0 Å². The van der Waals surface area contributed by atoms with Gasteiger partial charge in [0.25, 0.3) is 0 Å². The topological polar surface area (TPSA) is 75.8 Å². The van der Waals surface area contributed by atoms with Crippen molar-refractivity contribution in [3.05, 3.63) is 11.3 Å². The molecule has 5 rings (SSSR count). The van der Waals surface area contributed by atoms with Crippen LogP contribution in [0.3, 0.4) is 0 Å². The van der Waals surface area contributed by atoms with E-state index >= 15 is 0 Å². The molecule has 7 atom stereocenters. The molecule has 1 N–H and O–H groups in total. The second-order valence-electron chi connectivity index (χ2n) is 9.49. The molecule has 140 valence electrons. The maximum Gasteiger partial charge on any atom is 0.221 e. The summed E-state index contributed by atoms with van der Waals surface area (Å²) in [6.45, 7) is 5.89. The number of rotatable bonds is 1. The smallest absolute Gasteiger partial charge is 0.221 e. The summed E-state index contributed by atoms with van der Waals surface area (Å²) in [5, 5.41) is 2.83. The van der Waals surface area contributed by atoms with Crippen LogP contribution in [0.4, 0.5) is 0 Å². The number of ketones is 2. The number of amides is 1. The van der Waals surface area contributed by atoms with E-state index in [-0.39, 0.29) is 34.7 Å². The number of nitrogens with one attached hydrogen (secondary N) is 1. The van der Waals surface area contributed by atoms with Gasteiger partial charge in [-0.1, -0.05) is 13.8 Å². The summed E-state index contributed by atoms with van der Waals surface area (Å²) in [4.78, 5) is 36.9. The van der Waals surface area contributed by atoms with Crippen molar-refractivity contribution in [1.29, 1.82) is 0 Å². The lowest BCUT2D eigenvalue weighted by molar-refractivity contribution is -0.132. The van der Waals surface area contributed by atoms with Crippen molar-refractivity contribution in [3.63, 3.8) is 0 Å². The molecular weight excluding hydrogens is 330 g/mol. The van der Waals surface area contributed by atoms with Gasteiger partial charge >= 0.3 is 0 Å². The molecule has 5 heteroatoms. The number of hydrogen-bond acceptors (Lipinski definition) is 4. The van der Waals surface area contributed by atoms with Crippen molar-refractivity contribution in [2.75, 3.05) is 0 Å². The Morgan fingerprint density at radius 2 is 1.88 bits per heavy atom. The fraction of sp³-hybridized carbons (Fsp3) is 0.762. The van der Waals surface area contributed by atoms with Gasteiger partial charge in [-0.05, 0) is 55.4 Å². The largest absolute Gasteiger partial charge is 0.360 e. The van der Waals surface area contributed by atoms with Crippen molar-refractivity contribution in [2.45, 2.75) is 71.5 Å². The molecule has 1 heterocycles. The SMILES string of the molecule is CC(=O)NC1=C2CC[C@H]3[C@@H]4CCC(=O)[C@@]4(C)CC[C@@H]3[C@@]2(C)C2O[C@H]2C1=O. The van der Waals surface area contributed by atoms with E-state index in [1.807, 2.05) is 0 Å². The summed E-state index contributed by atoms with van der Waals surface area (Å²) in [6.07, 6.45) is 5.10. The van der Waals surface area contributed by atoms with Crippen LogP contribution in [0.5, 0.6) is 0 Å². The summed E-state index contributed by atoms with van der Waals surface area (Å²) < 4.78 is 5.87. The van der Waals surface area contributed by atoms with E-state index in [0.29, 0.717) is 29.2 Å². The van der Waals surface area contributed by atoms with Crippen LogP contribution in [0, 0.1) is 28.6 Å². The average molecular weight is 357 g/mol. The van der Waals surface area contributed by atoms with Gasteiger partial charge in [-0.3, -0.25) is 14.4 Å². The Morgan fingerprint density at radius 1 is 1.12 bits per heavy atom. The first-order valence-electron chi connectivity index (χ1n) is 10.0. The summed E-state index contributed by atoms with van der Waals surface area (Å²) in [6, 6.07) is 0. The Morgan fingerprint density at radius 3 is 2.62 bits per heavy atom. The van der Waals surface area contributed by atoms with E-state index in [2.05, 4.69) is 19.2 Å². The van der Waals surface area contributed by atoms with E-state index in [4.69, 9.17) is 4.74 Å². The van der Waals surface area contributed by atoms with Gasteiger partial charge in [0.15, 0.2) is 0 Å². The van der Waals surface area contributed by atoms with Crippen LogP contribution in [0.1, 0.15) is 59.3 Å². The lowest BCUT2D eigenvalue weighted by Crippen LogP contribution is -2.54. The predicted molar refractivity (Wildman–Crippen MR) is 93.9 cm³/mol. The van der Waals surface area contributed by atoms with Crippen LogP contribution in [0.25, 0.3) is 0 Å². The molecule has 0 bridgehead atoms. The second kappa shape index (κ2) is 5.06. The molecule has 4 fully saturated rings. The van der Waals surface area contributed by atoms with E-state index in [1.54, 1.807) is 0 Å². The number of ether oxygens (including phenoxy) is 1. The van der Waals surface area contributed by atoms with E-state index in [1.165, 1.54) is 6.92 Å². The van der Waals surface area contributed by atoms with Crippen LogP contribution in [-0.2, 0) is 19.1 Å². The van der Waals surface area contributed by atoms with E-state index < -0.39 is 0 Å². The zero-order valence-corrected chi connectivity index (χ0v) is 15.8. The Labute approximate surface area is 153 Å². The zero-order chi connectivity index (χ0) is 18.4. The predicted octanol–water partition coefficient (Wildman–Crippen LogP) is 2.54. The highest BCUT2D eigenvalue weighted by Gasteiger charge is 2.69. The minimum Gasteiger partial charge on any atom is -0.360 e. The molecule has 0 aromatic rings. The molecule has 0 aromatic heterocycles. The van der Waals surface area contributed by atoms with Crippen molar-refractivity contribution >= 4 is 17.5 Å². The van der Waals surface area contributed by atoms with Gasteiger partial charge in [0.05, 0.1) is 5.70 Å². The van der Waals surface area contributed by atoms with Crippen molar-refractivity contribution in [2.24, 2.45) is 28.6 Å². The third-order valence-electron chi connectivity index (χ3n) is 8.48. The second-order valence-corrected chi connectivity index (χ2v) is 9.49. The van der Waals surface area contributed by atoms with Crippen LogP contribution in [-0.4, -0.2) is 29.7 Å². The fourth-order valence-corrected chi connectivity index (χ4v) is 7.16. The summed E-state index contributed by atoms with van der Waals surface area (Å²) in [5.74, 6) is 1.62. The van der Waals surface area contributed by atoms with Gasteiger partial charge < -0.3 is 10.1 Å². The van der Waals surface area contributed by atoms with Gasteiger partial charge in [0, 0.05) is 24.2 Å². The first-order chi connectivity index (χ1) is 12.3. The quantitative estimate of drug-likeness (QED) is 0.732. The molecular formula is C21H27NO4. The van der Waals surface area contributed by atoms with E-state index in [9.17, 15) is 14.4 Å². The highest BCUT2D eigenvalue weighted by molar-refractivity contribution is 6.05. The van der Waals surface area contributed by atoms with Gasteiger partial charge in [0.2, 0.25) is 11.7 Å². The van der Waals surface area contributed by atoms with Crippen molar-refractivity contribution in [3.8, 4) is 0 Å². The molecule has 5 nitrogen and oxygen atoms in total. The maximum atomic E-state index is 12.7. The normalized spacial score (nSPS) is 49.1. The third-order valence-corrected chi connectivity index (χ3v) is 8.48. The molecule has 0 radical (unpaired) electrons. The molecule has 1 aliphatic heterocycles. The number of Topliss-reactive ketones (excluding diaryl/α,β-unsaturated/α-hetero) is 2. The van der Waals surface area contributed by atoms with Crippen LogP contribution in [0.15, 0.2) is 11.3 Å². The number of epoxide rings is 1. The molecule has 26 heavy (non-hydrogen) atoms. The number of hydrogen-bond donors (Lipinski definition) is 1. The molecule has 5 aliphatic rings. The zero-order valence-electron chi connectivity index (χ0n) is 15.8. The van der Waals surface area contributed by atoms with Gasteiger partial charge in [-0.2, -0.15) is 0 Å². The highest BCUT2D eigenvalue weighted by atomic mass is 16.6. The summed E-state index contributed by atoms with van der Waals surface area (Å²) in [5.41, 5.74) is 1.28. The highest BCUT2D eigenvalue weighted by Crippen LogP contribution is 2.67. The standard InChI is InChI=1S/C21H27NO4/c1-10(23)22-16-14-5-4-11-12-6-7-15(24)20(12,2)9-8-13(11)21(14,3)19-18(26-19)17(16)25/h11-13,18-19H,4-9H2,1-3H3,(H,22,23)/t11-,12-,13-,18-,19?,20-,21+/m0/s1. The molecule has 3 saturated carbocycles. The molecule has 1 amide bonds. The molecule has 4 aliphatic carbocycles. The lowest BCUT2D eigenvalue weighted by atomic mass is 9.47. The first-order valence-corrected chi connectivity index (χ1v) is 10.0. The Bertz CT molecular complexity index is 770. The minimum absolute atomic E-state index is 0.0447. The number of carbonyl (C=O) groups is 3.